The van der Waals surface area contributed by atoms with Crippen molar-refractivity contribution >= 4 is 11.6 Å². The van der Waals surface area contributed by atoms with Gasteiger partial charge >= 0.3 is 0 Å². The molecule has 0 amide bonds. The first-order valence-corrected chi connectivity index (χ1v) is 9.75. The zero-order chi connectivity index (χ0) is 19.5. The lowest BCUT2D eigenvalue weighted by molar-refractivity contribution is 0.0903. The molecule has 0 spiro atoms. The van der Waals surface area contributed by atoms with Crippen molar-refractivity contribution in [2.45, 2.75) is 25.3 Å². The summed E-state index contributed by atoms with van der Waals surface area (Å²) in [7, 11) is 0. The molecule has 0 bridgehead atoms. The van der Waals surface area contributed by atoms with E-state index in [1.807, 2.05) is 47.1 Å². The average molecular weight is 387 g/mol. The van der Waals surface area contributed by atoms with E-state index in [0.717, 1.165) is 54.3 Å². The van der Waals surface area contributed by atoms with Crippen LogP contribution in [0.1, 0.15) is 24.2 Å². The lowest BCUT2D eigenvalue weighted by Gasteiger charge is -2.23. The van der Waals surface area contributed by atoms with E-state index in [1.165, 1.54) is 0 Å². The molecule has 1 aliphatic rings. The van der Waals surface area contributed by atoms with Crippen molar-refractivity contribution in [2.75, 3.05) is 18.5 Å². The number of hydrogen-bond acceptors (Lipinski definition) is 7. The summed E-state index contributed by atoms with van der Waals surface area (Å²) in [5.74, 6) is 1.53. The summed E-state index contributed by atoms with van der Waals surface area (Å²) in [6.45, 7) is 1.56. The van der Waals surface area contributed by atoms with Crippen LogP contribution in [0.3, 0.4) is 0 Å². The highest BCUT2D eigenvalue weighted by Gasteiger charge is 2.15. The normalized spacial score (nSPS) is 14.9. The number of anilines is 1. The Balaban J connectivity index is 1.38. The molecule has 0 aromatic carbocycles. The van der Waals surface area contributed by atoms with Gasteiger partial charge in [-0.15, -0.1) is 10.2 Å². The summed E-state index contributed by atoms with van der Waals surface area (Å²) in [5.41, 5.74) is 3.73. The van der Waals surface area contributed by atoms with E-state index in [-0.39, 0.29) is 0 Å². The van der Waals surface area contributed by atoms with Crippen LogP contribution in [0, 0.1) is 0 Å². The van der Waals surface area contributed by atoms with E-state index in [1.54, 1.807) is 12.4 Å². The van der Waals surface area contributed by atoms with Crippen molar-refractivity contribution < 1.29 is 4.74 Å². The Morgan fingerprint density at radius 1 is 1.10 bits per heavy atom. The topological polar surface area (TPSA) is 90.1 Å². The molecule has 0 unspecified atom stereocenters. The maximum atomic E-state index is 5.41. The maximum Gasteiger partial charge on any atom is 0.223 e. The predicted octanol–water partition coefficient (Wildman–Crippen LogP) is 2.76. The summed E-state index contributed by atoms with van der Waals surface area (Å²) in [4.78, 5) is 13.2. The van der Waals surface area contributed by atoms with Crippen molar-refractivity contribution in [3.05, 3.63) is 66.5 Å². The third-order valence-corrected chi connectivity index (χ3v) is 5.07. The van der Waals surface area contributed by atoms with Gasteiger partial charge in [0.1, 0.15) is 5.82 Å². The van der Waals surface area contributed by atoms with Crippen molar-refractivity contribution in [2.24, 2.45) is 0 Å². The summed E-state index contributed by atoms with van der Waals surface area (Å²) < 4.78 is 7.41. The summed E-state index contributed by atoms with van der Waals surface area (Å²) in [6.07, 6.45) is 10.0. The molecule has 1 aliphatic heterocycles. The van der Waals surface area contributed by atoms with Gasteiger partial charge < -0.3 is 10.1 Å². The molecule has 0 saturated carbocycles. The van der Waals surface area contributed by atoms with Gasteiger partial charge in [-0.3, -0.25) is 9.38 Å². The highest BCUT2D eigenvalue weighted by molar-refractivity contribution is 5.64. The van der Waals surface area contributed by atoms with Gasteiger partial charge in [-0.25, -0.2) is 9.97 Å². The minimum absolute atomic E-state index is 0.355. The van der Waals surface area contributed by atoms with E-state index in [9.17, 15) is 0 Å². The lowest BCUT2D eigenvalue weighted by Crippen LogP contribution is -2.28. The molecule has 5 heterocycles. The SMILES string of the molecule is c1cncc(Cc2nnc3cc(-c4ccnc(NC5CCOCC5)n4)ccn23)c1. The highest BCUT2D eigenvalue weighted by Crippen LogP contribution is 2.21. The molecule has 1 fully saturated rings. The van der Waals surface area contributed by atoms with Crippen LogP contribution >= 0.6 is 0 Å². The van der Waals surface area contributed by atoms with Gasteiger partial charge in [-0.05, 0) is 42.7 Å². The molecular weight excluding hydrogens is 366 g/mol. The van der Waals surface area contributed by atoms with Gasteiger partial charge in [-0.1, -0.05) is 6.07 Å². The number of nitrogens with zero attached hydrogens (tertiary/aromatic N) is 6. The molecule has 0 radical (unpaired) electrons. The minimum Gasteiger partial charge on any atom is -0.381 e. The van der Waals surface area contributed by atoms with E-state index in [4.69, 9.17) is 4.74 Å². The fourth-order valence-electron chi connectivity index (χ4n) is 3.52. The van der Waals surface area contributed by atoms with Crippen LogP contribution in [-0.4, -0.2) is 48.8 Å². The maximum absolute atomic E-state index is 5.41. The summed E-state index contributed by atoms with van der Waals surface area (Å²) >= 11 is 0. The molecule has 1 N–H and O–H groups in total. The van der Waals surface area contributed by atoms with Crippen molar-refractivity contribution in [3.63, 3.8) is 0 Å². The van der Waals surface area contributed by atoms with Crippen LogP contribution in [0.25, 0.3) is 16.9 Å². The van der Waals surface area contributed by atoms with Crippen molar-refractivity contribution in [1.29, 1.82) is 0 Å². The van der Waals surface area contributed by atoms with Gasteiger partial charge in [0.05, 0.1) is 5.69 Å². The first-order valence-electron chi connectivity index (χ1n) is 9.75. The van der Waals surface area contributed by atoms with Crippen LogP contribution in [0.5, 0.6) is 0 Å². The van der Waals surface area contributed by atoms with E-state index in [2.05, 4.69) is 30.5 Å². The molecular formula is C21H21N7O. The van der Waals surface area contributed by atoms with Gasteiger partial charge in [0.15, 0.2) is 5.65 Å². The van der Waals surface area contributed by atoms with Crippen LogP contribution in [0.4, 0.5) is 5.95 Å². The number of pyridine rings is 2. The standard InChI is InChI=1S/C21H21N7O/c1-2-15(14-22-7-1)12-19-26-27-20-13-16(4-9-28(19)20)18-3-8-23-21(25-18)24-17-5-10-29-11-6-17/h1-4,7-9,13-14,17H,5-6,10-12H2,(H,23,24,25). The Hall–Kier alpha value is -3.39. The molecule has 0 aliphatic carbocycles. The summed E-state index contributed by atoms with van der Waals surface area (Å²) in [5, 5.41) is 12.1. The Bertz CT molecular complexity index is 1110. The number of ether oxygens (including phenoxy) is 1. The zero-order valence-electron chi connectivity index (χ0n) is 15.9. The smallest absolute Gasteiger partial charge is 0.223 e. The molecule has 1 saturated heterocycles. The minimum atomic E-state index is 0.355. The third-order valence-electron chi connectivity index (χ3n) is 5.07. The van der Waals surface area contributed by atoms with Gasteiger partial charge in [-0.2, -0.15) is 0 Å². The van der Waals surface area contributed by atoms with E-state index < -0.39 is 0 Å². The third kappa shape index (κ3) is 3.93. The van der Waals surface area contributed by atoms with Crippen molar-refractivity contribution in [1.82, 2.24) is 29.5 Å². The van der Waals surface area contributed by atoms with Gasteiger partial charge in [0.25, 0.3) is 0 Å². The van der Waals surface area contributed by atoms with Crippen LogP contribution in [0.2, 0.25) is 0 Å². The Labute approximate surface area is 168 Å². The fraction of sp³-hybridized carbons (Fsp3) is 0.286. The number of rotatable bonds is 5. The first kappa shape index (κ1) is 17.7. The van der Waals surface area contributed by atoms with Crippen LogP contribution < -0.4 is 5.32 Å². The summed E-state index contributed by atoms with van der Waals surface area (Å²) in [6, 6.07) is 10.3. The molecule has 0 atom stereocenters. The quantitative estimate of drug-likeness (QED) is 0.563. The number of nitrogens with one attached hydrogen (secondary N) is 1. The fourth-order valence-corrected chi connectivity index (χ4v) is 3.52. The number of aromatic nitrogens is 6. The monoisotopic (exact) mass is 387 g/mol. The van der Waals surface area contributed by atoms with Crippen molar-refractivity contribution in [3.8, 4) is 11.3 Å². The Morgan fingerprint density at radius 3 is 2.90 bits per heavy atom. The van der Waals surface area contributed by atoms with E-state index in [0.29, 0.717) is 18.4 Å². The number of hydrogen-bond donors (Lipinski definition) is 1. The van der Waals surface area contributed by atoms with Gasteiger partial charge in [0.2, 0.25) is 5.95 Å². The van der Waals surface area contributed by atoms with Crippen LogP contribution in [0.15, 0.2) is 55.1 Å². The Kier molecular flexibility index (Phi) is 4.83. The highest BCUT2D eigenvalue weighted by atomic mass is 16.5. The molecule has 146 valence electrons. The Morgan fingerprint density at radius 2 is 2.03 bits per heavy atom. The molecule has 29 heavy (non-hydrogen) atoms. The second kappa shape index (κ2) is 7.92. The van der Waals surface area contributed by atoms with Gasteiger partial charge in [0, 0.05) is 56.0 Å². The molecule has 8 heteroatoms. The molecule has 8 nitrogen and oxygen atoms in total. The van der Waals surface area contributed by atoms with E-state index >= 15 is 0 Å². The molecule has 5 rings (SSSR count). The number of fused-ring (bicyclic) bond motifs is 1. The second-order valence-corrected chi connectivity index (χ2v) is 7.09. The zero-order valence-corrected chi connectivity index (χ0v) is 15.9. The largest absolute Gasteiger partial charge is 0.381 e. The first-order chi connectivity index (χ1) is 14.3. The average Bonchev–Trinajstić information content (AvgIpc) is 3.17. The molecule has 4 aromatic heterocycles. The predicted molar refractivity (Wildman–Crippen MR) is 109 cm³/mol. The molecule has 4 aromatic rings. The lowest BCUT2D eigenvalue weighted by atomic mass is 10.1. The second-order valence-electron chi connectivity index (χ2n) is 7.09. The van der Waals surface area contributed by atoms with Crippen LogP contribution in [-0.2, 0) is 11.2 Å².